The van der Waals surface area contributed by atoms with E-state index in [-0.39, 0.29) is 5.91 Å². The molecule has 0 spiro atoms. The third kappa shape index (κ3) is 4.46. The molecule has 0 saturated heterocycles. The van der Waals surface area contributed by atoms with Crippen LogP contribution in [-0.2, 0) is 11.2 Å². The Kier molecular flexibility index (Phi) is 5.16. The van der Waals surface area contributed by atoms with Gasteiger partial charge in [-0.15, -0.1) is 11.3 Å². The van der Waals surface area contributed by atoms with Crippen molar-refractivity contribution in [3.63, 3.8) is 0 Å². The summed E-state index contributed by atoms with van der Waals surface area (Å²) in [4.78, 5) is 16.3. The summed E-state index contributed by atoms with van der Waals surface area (Å²) in [5, 5.41) is 5.90. The quantitative estimate of drug-likeness (QED) is 0.804. The van der Waals surface area contributed by atoms with Gasteiger partial charge < -0.3 is 15.8 Å². The second kappa shape index (κ2) is 7.08. The molecular weight excluding hydrogens is 286 g/mol. The minimum absolute atomic E-state index is 0.0538. The molecule has 0 radical (unpaired) electrons. The molecule has 1 aromatic carbocycles. The summed E-state index contributed by atoms with van der Waals surface area (Å²) in [7, 11) is 1.58. The van der Waals surface area contributed by atoms with Crippen LogP contribution in [0.4, 0.5) is 11.4 Å². The Bertz CT molecular complexity index is 625. The number of rotatable bonds is 6. The molecule has 0 aliphatic carbocycles. The van der Waals surface area contributed by atoms with Crippen molar-refractivity contribution in [1.29, 1.82) is 0 Å². The molecule has 2 rings (SSSR count). The van der Waals surface area contributed by atoms with E-state index in [0.717, 1.165) is 23.5 Å². The summed E-state index contributed by atoms with van der Waals surface area (Å²) < 4.78 is 5.12. The summed E-state index contributed by atoms with van der Waals surface area (Å²) >= 11 is 1.63. The Morgan fingerprint density at radius 3 is 2.95 bits per heavy atom. The molecule has 5 nitrogen and oxygen atoms in total. The molecule has 0 aliphatic heterocycles. The number of ether oxygens (including phenoxy) is 1. The van der Waals surface area contributed by atoms with Gasteiger partial charge in [-0.05, 0) is 31.9 Å². The number of hydrogen-bond donors (Lipinski definition) is 2. The van der Waals surface area contributed by atoms with Gasteiger partial charge in [-0.2, -0.15) is 0 Å². The highest BCUT2D eigenvalue weighted by Gasteiger charge is 2.07. The number of nitrogen functional groups attached to an aromatic ring is 1. The molecule has 3 N–H and O–H groups in total. The third-order valence-corrected chi connectivity index (χ3v) is 3.86. The Balaban J connectivity index is 1.84. The lowest BCUT2D eigenvalue weighted by atomic mass is 10.2. The van der Waals surface area contributed by atoms with Crippen LogP contribution in [-0.4, -0.2) is 18.0 Å². The van der Waals surface area contributed by atoms with Crippen molar-refractivity contribution < 1.29 is 9.53 Å². The predicted molar refractivity (Wildman–Crippen MR) is 85.8 cm³/mol. The first-order valence-electron chi connectivity index (χ1n) is 6.73. The number of amides is 1. The number of nitrogens with two attached hydrogens (primary N) is 1. The molecule has 0 saturated carbocycles. The maximum Gasteiger partial charge on any atom is 0.224 e. The highest BCUT2D eigenvalue weighted by atomic mass is 32.1. The maximum atomic E-state index is 11.9. The van der Waals surface area contributed by atoms with Crippen molar-refractivity contribution in [2.75, 3.05) is 18.2 Å². The van der Waals surface area contributed by atoms with E-state index in [1.807, 2.05) is 12.3 Å². The molecule has 0 fully saturated rings. The normalized spacial score (nSPS) is 10.4. The smallest absolute Gasteiger partial charge is 0.224 e. The molecule has 2 aromatic rings. The molecule has 0 bridgehead atoms. The molecule has 1 aromatic heterocycles. The molecule has 0 unspecified atom stereocenters. The first-order valence-corrected chi connectivity index (χ1v) is 7.61. The van der Waals surface area contributed by atoms with E-state index in [4.69, 9.17) is 10.5 Å². The number of anilines is 2. The van der Waals surface area contributed by atoms with E-state index in [2.05, 4.69) is 10.3 Å². The number of carbonyl (C=O) groups is 1. The van der Waals surface area contributed by atoms with E-state index >= 15 is 0 Å². The largest absolute Gasteiger partial charge is 0.497 e. The topological polar surface area (TPSA) is 77.2 Å². The number of benzene rings is 1. The molecule has 112 valence electrons. The number of aromatic nitrogens is 1. The van der Waals surface area contributed by atoms with Crippen molar-refractivity contribution >= 4 is 28.6 Å². The fraction of sp³-hybridized carbons (Fsp3) is 0.333. The van der Waals surface area contributed by atoms with Crippen LogP contribution >= 0.6 is 11.3 Å². The minimum Gasteiger partial charge on any atom is -0.497 e. The maximum absolute atomic E-state index is 11.9. The number of methoxy groups -OCH3 is 1. The SMILES string of the molecule is COc1ccc(N)c(NC(=O)CCCc2csc(C)n2)c1. The molecule has 1 heterocycles. The van der Waals surface area contributed by atoms with Gasteiger partial charge in [0.2, 0.25) is 5.91 Å². The van der Waals surface area contributed by atoms with E-state index in [9.17, 15) is 4.79 Å². The van der Waals surface area contributed by atoms with Gasteiger partial charge in [-0.25, -0.2) is 4.98 Å². The van der Waals surface area contributed by atoms with Crippen molar-refractivity contribution in [2.45, 2.75) is 26.2 Å². The van der Waals surface area contributed by atoms with Gasteiger partial charge >= 0.3 is 0 Å². The standard InChI is InChI=1S/C15H19N3O2S/c1-10-17-11(9-21-10)4-3-5-15(19)18-14-8-12(20-2)6-7-13(14)16/h6-9H,3-5,16H2,1-2H3,(H,18,19). The van der Waals surface area contributed by atoms with Gasteiger partial charge in [0.05, 0.1) is 29.2 Å². The number of carbonyl (C=O) groups excluding carboxylic acids is 1. The fourth-order valence-electron chi connectivity index (χ4n) is 1.94. The molecular formula is C15H19N3O2S. The van der Waals surface area contributed by atoms with Crippen LogP contribution in [0.15, 0.2) is 23.6 Å². The van der Waals surface area contributed by atoms with Gasteiger partial charge in [0.15, 0.2) is 0 Å². The van der Waals surface area contributed by atoms with Gasteiger partial charge in [0.25, 0.3) is 0 Å². The summed E-state index contributed by atoms with van der Waals surface area (Å²) in [6.07, 6.45) is 2.01. The van der Waals surface area contributed by atoms with E-state index in [1.54, 1.807) is 36.6 Å². The van der Waals surface area contributed by atoms with Crippen LogP contribution in [0.1, 0.15) is 23.5 Å². The van der Waals surface area contributed by atoms with Crippen molar-refractivity contribution in [3.8, 4) is 5.75 Å². The molecule has 0 aliphatic rings. The lowest BCUT2D eigenvalue weighted by molar-refractivity contribution is -0.116. The van der Waals surface area contributed by atoms with Gasteiger partial charge in [-0.3, -0.25) is 4.79 Å². The van der Waals surface area contributed by atoms with Crippen LogP contribution in [0.2, 0.25) is 0 Å². The zero-order valence-electron chi connectivity index (χ0n) is 12.2. The first kappa shape index (κ1) is 15.3. The second-order valence-electron chi connectivity index (χ2n) is 4.71. The van der Waals surface area contributed by atoms with E-state index in [0.29, 0.717) is 23.5 Å². The van der Waals surface area contributed by atoms with Crippen LogP contribution in [0.3, 0.4) is 0 Å². The van der Waals surface area contributed by atoms with Crippen molar-refractivity contribution in [1.82, 2.24) is 4.98 Å². The summed E-state index contributed by atoms with van der Waals surface area (Å²) in [5.74, 6) is 0.611. The van der Waals surface area contributed by atoms with Crippen LogP contribution in [0.5, 0.6) is 5.75 Å². The highest BCUT2D eigenvalue weighted by Crippen LogP contribution is 2.24. The van der Waals surface area contributed by atoms with E-state index < -0.39 is 0 Å². The predicted octanol–water partition coefficient (Wildman–Crippen LogP) is 3.00. The third-order valence-electron chi connectivity index (χ3n) is 3.04. The number of aryl methyl sites for hydroxylation is 2. The van der Waals surface area contributed by atoms with Gasteiger partial charge in [0.1, 0.15) is 5.75 Å². The van der Waals surface area contributed by atoms with Crippen molar-refractivity contribution in [3.05, 3.63) is 34.3 Å². The number of hydrogen-bond acceptors (Lipinski definition) is 5. The fourth-order valence-corrected chi connectivity index (χ4v) is 2.58. The van der Waals surface area contributed by atoms with Gasteiger partial charge in [0, 0.05) is 17.9 Å². The van der Waals surface area contributed by atoms with Gasteiger partial charge in [-0.1, -0.05) is 0 Å². The molecule has 1 amide bonds. The van der Waals surface area contributed by atoms with Crippen LogP contribution in [0.25, 0.3) is 0 Å². The summed E-state index contributed by atoms with van der Waals surface area (Å²) in [6, 6.07) is 5.19. The number of nitrogens with zero attached hydrogens (tertiary/aromatic N) is 1. The summed E-state index contributed by atoms with van der Waals surface area (Å²) in [5.41, 5.74) is 8.00. The Labute approximate surface area is 128 Å². The number of thiazole rings is 1. The van der Waals surface area contributed by atoms with Crippen LogP contribution in [0, 0.1) is 6.92 Å². The average Bonchev–Trinajstić information content (AvgIpc) is 2.87. The molecule has 6 heteroatoms. The lowest BCUT2D eigenvalue weighted by Crippen LogP contribution is -2.13. The molecule has 21 heavy (non-hydrogen) atoms. The number of nitrogens with one attached hydrogen (secondary N) is 1. The minimum atomic E-state index is -0.0538. The summed E-state index contributed by atoms with van der Waals surface area (Å²) in [6.45, 7) is 1.98. The molecule has 0 atom stereocenters. The van der Waals surface area contributed by atoms with Crippen molar-refractivity contribution in [2.24, 2.45) is 0 Å². The highest BCUT2D eigenvalue weighted by molar-refractivity contribution is 7.09. The Morgan fingerprint density at radius 2 is 2.29 bits per heavy atom. The first-order chi connectivity index (χ1) is 10.1. The zero-order chi connectivity index (χ0) is 15.2. The second-order valence-corrected chi connectivity index (χ2v) is 5.77. The van der Waals surface area contributed by atoms with E-state index in [1.165, 1.54) is 0 Å². The Morgan fingerprint density at radius 1 is 1.48 bits per heavy atom. The average molecular weight is 305 g/mol. The zero-order valence-corrected chi connectivity index (χ0v) is 13.0. The lowest BCUT2D eigenvalue weighted by Gasteiger charge is -2.09. The monoisotopic (exact) mass is 305 g/mol. The Hall–Kier alpha value is -2.08. The van der Waals surface area contributed by atoms with Crippen LogP contribution < -0.4 is 15.8 Å².